The first kappa shape index (κ1) is 15.4. The summed E-state index contributed by atoms with van der Waals surface area (Å²) in [6, 6.07) is 5.19. The molecule has 0 saturated carbocycles. The van der Waals surface area contributed by atoms with Crippen molar-refractivity contribution in [3.8, 4) is 0 Å². The van der Waals surface area contributed by atoms with E-state index in [0.29, 0.717) is 24.6 Å². The van der Waals surface area contributed by atoms with Gasteiger partial charge in [0.25, 0.3) is 0 Å². The maximum atomic E-state index is 12.4. The Bertz CT molecular complexity index is 572. The fourth-order valence-electron chi connectivity index (χ4n) is 2.51. The van der Waals surface area contributed by atoms with Gasteiger partial charge < -0.3 is 10.5 Å². The summed E-state index contributed by atoms with van der Waals surface area (Å²) >= 11 is 0. The zero-order valence-corrected chi connectivity index (χ0v) is 12.7. The van der Waals surface area contributed by atoms with Gasteiger partial charge >= 0.3 is 0 Å². The van der Waals surface area contributed by atoms with Gasteiger partial charge in [-0.25, -0.2) is 13.1 Å². The van der Waals surface area contributed by atoms with Crippen molar-refractivity contribution in [3.05, 3.63) is 29.3 Å². The number of nitrogens with one attached hydrogen (secondary N) is 1. The third kappa shape index (κ3) is 3.20. The van der Waals surface area contributed by atoms with Crippen molar-refractivity contribution in [2.75, 3.05) is 13.2 Å². The van der Waals surface area contributed by atoms with E-state index in [9.17, 15) is 8.42 Å². The number of benzene rings is 1. The van der Waals surface area contributed by atoms with Crippen LogP contribution in [0.3, 0.4) is 0 Å². The molecule has 0 radical (unpaired) electrons. The largest absolute Gasteiger partial charge is 0.378 e. The highest BCUT2D eigenvalue weighted by Crippen LogP contribution is 2.22. The molecule has 5 nitrogen and oxygen atoms in total. The molecule has 2 atom stereocenters. The Labute approximate surface area is 120 Å². The van der Waals surface area contributed by atoms with Gasteiger partial charge in [0.05, 0.1) is 11.0 Å². The van der Waals surface area contributed by atoms with Crippen LogP contribution in [0, 0.1) is 12.8 Å². The van der Waals surface area contributed by atoms with E-state index in [1.165, 1.54) is 0 Å². The van der Waals surface area contributed by atoms with Crippen LogP contribution in [-0.4, -0.2) is 27.7 Å². The molecule has 0 bridgehead atoms. The molecule has 6 heteroatoms. The SMILES string of the molecule is Cc1c(CN)cccc1S(=O)(=O)NCC1CCOC1C. The third-order valence-electron chi connectivity index (χ3n) is 3.97. The molecule has 2 unspecified atom stereocenters. The average molecular weight is 298 g/mol. The molecule has 1 heterocycles. The van der Waals surface area contributed by atoms with Crippen LogP contribution in [0.15, 0.2) is 23.1 Å². The third-order valence-corrected chi connectivity index (χ3v) is 5.54. The van der Waals surface area contributed by atoms with Crippen molar-refractivity contribution in [2.24, 2.45) is 11.7 Å². The smallest absolute Gasteiger partial charge is 0.240 e. The summed E-state index contributed by atoms with van der Waals surface area (Å²) < 4.78 is 32.9. The molecule has 0 aliphatic carbocycles. The van der Waals surface area contributed by atoms with Crippen molar-refractivity contribution in [1.29, 1.82) is 0 Å². The molecule has 112 valence electrons. The van der Waals surface area contributed by atoms with E-state index in [2.05, 4.69) is 4.72 Å². The second kappa shape index (κ2) is 6.22. The molecule has 0 aromatic heterocycles. The second-order valence-electron chi connectivity index (χ2n) is 5.22. The molecule has 1 aromatic rings. The minimum atomic E-state index is -3.50. The molecule has 3 N–H and O–H groups in total. The van der Waals surface area contributed by atoms with Crippen LogP contribution < -0.4 is 10.5 Å². The second-order valence-corrected chi connectivity index (χ2v) is 6.96. The van der Waals surface area contributed by atoms with E-state index in [1.807, 2.05) is 13.0 Å². The molecule has 1 aliphatic rings. The van der Waals surface area contributed by atoms with Gasteiger partial charge in [0.2, 0.25) is 10.0 Å². The molecule has 1 aromatic carbocycles. The summed E-state index contributed by atoms with van der Waals surface area (Å²) in [4.78, 5) is 0.312. The lowest BCUT2D eigenvalue weighted by Crippen LogP contribution is -2.32. The van der Waals surface area contributed by atoms with Crippen LogP contribution in [-0.2, 0) is 21.3 Å². The van der Waals surface area contributed by atoms with Gasteiger partial charge in [-0.15, -0.1) is 0 Å². The molecular weight excluding hydrogens is 276 g/mol. The number of hydrogen-bond donors (Lipinski definition) is 2. The van der Waals surface area contributed by atoms with Crippen LogP contribution >= 0.6 is 0 Å². The van der Waals surface area contributed by atoms with Gasteiger partial charge in [-0.1, -0.05) is 12.1 Å². The van der Waals surface area contributed by atoms with E-state index in [4.69, 9.17) is 10.5 Å². The minimum absolute atomic E-state index is 0.106. The number of rotatable bonds is 5. The van der Waals surface area contributed by atoms with Crippen LogP contribution in [0.25, 0.3) is 0 Å². The van der Waals surface area contributed by atoms with E-state index in [-0.39, 0.29) is 12.0 Å². The molecule has 0 spiro atoms. The molecule has 1 aliphatic heterocycles. The van der Waals surface area contributed by atoms with E-state index < -0.39 is 10.0 Å². The summed E-state index contributed by atoms with van der Waals surface area (Å²) in [7, 11) is -3.50. The van der Waals surface area contributed by atoms with Crippen molar-refractivity contribution in [3.63, 3.8) is 0 Å². The Morgan fingerprint density at radius 3 is 2.80 bits per heavy atom. The Balaban J connectivity index is 2.14. The molecule has 0 amide bonds. The molecule has 1 saturated heterocycles. The Kier molecular flexibility index (Phi) is 4.80. The predicted molar refractivity (Wildman–Crippen MR) is 77.8 cm³/mol. The summed E-state index contributed by atoms with van der Waals surface area (Å²) in [5.41, 5.74) is 7.20. The molecule has 1 fully saturated rings. The zero-order chi connectivity index (χ0) is 14.8. The Morgan fingerprint density at radius 2 is 2.20 bits per heavy atom. The van der Waals surface area contributed by atoms with Crippen molar-refractivity contribution in [1.82, 2.24) is 4.72 Å². The highest BCUT2D eigenvalue weighted by Gasteiger charge is 2.26. The highest BCUT2D eigenvalue weighted by atomic mass is 32.2. The zero-order valence-electron chi connectivity index (χ0n) is 11.9. The van der Waals surface area contributed by atoms with Gasteiger partial charge in [-0.05, 0) is 37.5 Å². The number of hydrogen-bond acceptors (Lipinski definition) is 4. The molecular formula is C14H22N2O3S. The molecule has 2 rings (SSSR count). The minimum Gasteiger partial charge on any atom is -0.378 e. The Morgan fingerprint density at radius 1 is 1.45 bits per heavy atom. The number of sulfonamides is 1. The lowest BCUT2D eigenvalue weighted by Gasteiger charge is -2.16. The maximum Gasteiger partial charge on any atom is 0.240 e. The van der Waals surface area contributed by atoms with Crippen molar-refractivity contribution < 1.29 is 13.2 Å². The van der Waals surface area contributed by atoms with E-state index in [0.717, 1.165) is 17.5 Å². The van der Waals surface area contributed by atoms with Gasteiger partial charge in [0.15, 0.2) is 0 Å². The summed E-state index contributed by atoms with van der Waals surface area (Å²) in [6.07, 6.45) is 1.00. The van der Waals surface area contributed by atoms with Gasteiger partial charge in [-0.2, -0.15) is 0 Å². The first-order valence-electron chi connectivity index (χ1n) is 6.85. The average Bonchev–Trinajstić information content (AvgIpc) is 2.82. The quantitative estimate of drug-likeness (QED) is 0.854. The fraction of sp³-hybridized carbons (Fsp3) is 0.571. The van der Waals surface area contributed by atoms with Crippen LogP contribution in [0.4, 0.5) is 0 Å². The summed E-state index contributed by atoms with van der Waals surface area (Å²) in [5.74, 6) is 0.239. The monoisotopic (exact) mass is 298 g/mol. The first-order chi connectivity index (χ1) is 9.45. The van der Waals surface area contributed by atoms with E-state index in [1.54, 1.807) is 19.1 Å². The first-order valence-corrected chi connectivity index (χ1v) is 8.34. The van der Waals surface area contributed by atoms with Gasteiger partial charge in [-0.3, -0.25) is 0 Å². The lowest BCUT2D eigenvalue weighted by molar-refractivity contribution is 0.107. The predicted octanol–water partition coefficient (Wildman–Crippen LogP) is 1.16. The summed E-state index contributed by atoms with van der Waals surface area (Å²) in [6.45, 7) is 5.22. The lowest BCUT2D eigenvalue weighted by atomic mass is 10.0. The van der Waals surface area contributed by atoms with Crippen LogP contribution in [0.5, 0.6) is 0 Å². The highest BCUT2D eigenvalue weighted by molar-refractivity contribution is 7.89. The Hall–Kier alpha value is -0.950. The fourth-order valence-corrected chi connectivity index (χ4v) is 3.89. The van der Waals surface area contributed by atoms with Gasteiger partial charge in [0, 0.05) is 25.6 Å². The normalized spacial score (nSPS) is 23.1. The van der Waals surface area contributed by atoms with Gasteiger partial charge in [0.1, 0.15) is 0 Å². The van der Waals surface area contributed by atoms with E-state index >= 15 is 0 Å². The summed E-state index contributed by atoms with van der Waals surface area (Å²) in [5, 5.41) is 0. The van der Waals surface area contributed by atoms with Crippen molar-refractivity contribution >= 4 is 10.0 Å². The number of nitrogens with two attached hydrogens (primary N) is 1. The number of ether oxygens (including phenoxy) is 1. The molecule has 20 heavy (non-hydrogen) atoms. The standard InChI is InChI=1S/C14H22N2O3S/c1-10-12(8-15)4-3-5-14(10)20(17,18)16-9-13-6-7-19-11(13)2/h3-5,11,13,16H,6-9,15H2,1-2H3. The maximum absolute atomic E-state index is 12.4. The topological polar surface area (TPSA) is 81.4 Å². The van der Waals surface area contributed by atoms with Crippen LogP contribution in [0.2, 0.25) is 0 Å². The van der Waals surface area contributed by atoms with Crippen molar-refractivity contribution in [2.45, 2.75) is 37.8 Å². The van der Waals surface area contributed by atoms with Crippen LogP contribution in [0.1, 0.15) is 24.5 Å².